The summed E-state index contributed by atoms with van der Waals surface area (Å²) in [5, 5.41) is 0. The van der Waals surface area contributed by atoms with Crippen molar-refractivity contribution in [2.45, 2.75) is 37.1 Å². The highest BCUT2D eigenvalue weighted by Gasteiger charge is 2.65. The highest BCUT2D eigenvalue weighted by Crippen LogP contribution is 2.62. The van der Waals surface area contributed by atoms with Crippen molar-refractivity contribution in [1.82, 2.24) is 4.90 Å². The summed E-state index contributed by atoms with van der Waals surface area (Å²) in [5.41, 5.74) is 0.0315. The fraction of sp³-hybridized carbons (Fsp3) is 1.00. The van der Waals surface area contributed by atoms with Crippen molar-refractivity contribution < 1.29 is 13.5 Å². The molecule has 3 aliphatic rings. The molecule has 3 rings (SSSR count). The van der Waals surface area contributed by atoms with Crippen LogP contribution in [0.25, 0.3) is 0 Å². The Hall–Kier alpha value is -0.220. The van der Waals surface area contributed by atoms with Crippen molar-refractivity contribution in [2.24, 2.45) is 5.41 Å². The lowest BCUT2D eigenvalue weighted by Gasteiger charge is -2.30. The van der Waals surface area contributed by atoms with Gasteiger partial charge >= 0.3 is 0 Å². The van der Waals surface area contributed by atoms with Gasteiger partial charge in [0.05, 0.1) is 18.7 Å². The predicted octanol–water partition coefficient (Wildman–Crippen LogP) is 1.90. The molecule has 2 heterocycles. The number of rotatable bonds is 2. The minimum absolute atomic E-state index is 0.00438. The van der Waals surface area contributed by atoms with Crippen molar-refractivity contribution in [3.63, 3.8) is 0 Å². The zero-order valence-electron chi connectivity index (χ0n) is 9.06. The van der Waals surface area contributed by atoms with Crippen molar-refractivity contribution >= 4 is 0 Å². The largest absolute Gasteiger partial charge is 0.383 e. The van der Waals surface area contributed by atoms with Gasteiger partial charge in [0.25, 0.3) is 5.92 Å². The molecule has 2 saturated heterocycles. The van der Waals surface area contributed by atoms with Gasteiger partial charge in [-0.2, -0.15) is 0 Å². The molecule has 0 aromatic carbocycles. The Bertz CT molecular complexity index is 278. The van der Waals surface area contributed by atoms with Gasteiger partial charge in [0, 0.05) is 20.1 Å². The molecule has 1 saturated carbocycles. The Morgan fingerprint density at radius 3 is 2.53 bits per heavy atom. The van der Waals surface area contributed by atoms with Crippen molar-refractivity contribution in [3.05, 3.63) is 0 Å². The number of hydrogen-bond donors (Lipinski definition) is 0. The summed E-state index contributed by atoms with van der Waals surface area (Å²) in [7, 11) is 1.61. The van der Waals surface area contributed by atoms with Crippen LogP contribution in [0.4, 0.5) is 8.78 Å². The molecule has 15 heavy (non-hydrogen) atoms. The first-order valence-corrected chi connectivity index (χ1v) is 5.61. The van der Waals surface area contributed by atoms with E-state index in [2.05, 4.69) is 0 Å². The van der Waals surface area contributed by atoms with E-state index in [9.17, 15) is 8.78 Å². The first-order valence-electron chi connectivity index (χ1n) is 5.61. The molecule has 0 amide bonds. The summed E-state index contributed by atoms with van der Waals surface area (Å²) < 4.78 is 32.0. The van der Waals surface area contributed by atoms with Crippen LogP contribution in [0.2, 0.25) is 0 Å². The van der Waals surface area contributed by atoms with Crippen LogP contribution in [0.5, 0.6) is 0 Å². The van der Waals surface area contributed by atoms with Gasteiger partial charge < -0.3 is 4.74 Å². The lowest BCUT2D eigenvalue weighted by Crippen LogP contribution is -2.42. The topological polar surface area (TPSA) is 12.5 Å². The Morgan fingerprint density at radius 2 is 1.93 bits per heavy atom. The summed E-state index contributed by atoms with van der Waals surface area (Å²) in [4.78, 5) is 1.99. The third kappa shape index (κ3) is 1.41. The van der Waals surface area contributed by atoms with E-state index in [-0.39, 0.29) is 18.5 Å². The molecule has 1 spiro atoms. The number of halogens is 2. The number of fused-ring (bicyclic) bond motifs is 1. The Balaban J connectivity index is 1.85. The second kappa shape index (κ2) is 2.72. The number of hydrogen-bond acceptors (Lipinski definition) is 2. The predicted molar refractivity (Wildman–Crippen MR) is 52.0 cm³/mol. The minimum atomic E-state index is -2.50. The standard InChI is InChI=1S/C11H17F2NO/c1-15-8-10-4-9(2-3-9)6-14(10)7-11(12,13)5-10/h2-8H2,1H3. The summed E-state index contributed by atoms with van der Waals surface area (Å²) in [6, 6.07) is 0. The van der Waals surface area contributed by atoms with Crippen LogP contribution in [0.1, 0.15) is 25.7 Å². The normalized spacial score (nSPS) is 41.0. The Morgan fingerprint density at radius 1 is 1.20 bits per heavy atom. The summed E-state index contributed by atoms with van der Waals surface area (Å²) in [5.74, 6) is -2.50. The zero-order chi connectivity index (χ0) is 10.7. The molecule has 3 fully saturated rings. The van der Waals surface area contributed by atoms with Gasteiger partial charge in [-0.05, 0) is 24.7 Å². The molecule has 1 atom stereocenters. The van der Waals surface area contributed by atoms with Gasteiger partial charge in [0.15, 0.2) is 0 Å². The van der Waals surface area contributed by atoms with Crippen LogP contribution in [-0.2, 0) is 4.74 Å². The zero-order valence-corrected chi connectivity index (χ0v) is 9.06. The average Bonchev–Trinajstić information content (AvgIpc) is 2.68. The van der Waals surface area contributed by atoms with Gasteiger partial charge in [-0.1, -0.05) is 0 Å². The minimum Gasteiger partial charge on any atom is -0.383 e. The van der Waals surface area contributed by atoms with E-state index in [1.807, 2.05) is 4.90 Å². The molecule has 0 bridgehead atoms. The highest BCUT2D eigenvalue weighted by molar-refractivity contribution is 5.16. The van der Waals surface area contributed by atoms with E-state index < -0.39 is 5.92 Å². The van der Waals surface area contributed by atoms with Crippen molar-refractivity contribution in [1.29, 1.82) is 0 Å². The molecule has 4 heteroatoms. The van der Waals surface area contributed by atoms with Gasteiger partial charge in [0.1, 0.15) is 0 Å². The maximum Gasteiger partial charge on any atom is 0.262 e. The molecule has 0 N–H and O–H groups in total. The van der Waals surface area contributed by atoms with Crippen LogP contribution in [0.15, 0.2) is 0 Å². The van der Waals surface area contributed by atoms with Gasteiger partial charge in [-0.3, -0.25) is 4.90 Å². The van der Waals surface area contributed by atoms with Crippen LogP contribution >= 0.6 is 0 Å². The lowest BCUT2D eigenvalue weighted by molar-refractivity contribution is 0.00387. The number of alkyl halides is 2. The van der Waals surface area contributed by atoms with Crippen LogP contribution in [-0.4, -0.2) is 43.2 Å². The molecule has 86 valence electrons. The number of ether oxygens (including phenoxy) is 1. The van der Waals surface area contributed by atoms with Crippen molar-refractivity contribution in [3.8, 4) is 0 Å². The molecular formula is C11H17F2NO. The molecular weight excluding hydrogens is 200 g/mol. The van der Waals surface area contributed by atoms with Crippen LogP contribution in [0, 0.1) is 5.41 Å². The van der Waals surface area contributed by atoms with E-state index in [4.69, 9.17) is 4.74 Å². The summed E-state index contributed by atoms with van der Waals surface area (Å²) in [6.45, 7) is 1.27. The summed E-state index contributed by atoms with van der Waals surface area (Å²) in [6.07, 6.45) is 3.36. The monoisotopic (exact) mass is 217 g/mol. The van der Waals surface area contributed by atoms with E-state index in [0.717, 1.165) is 13.0 Å². The Labute approximate surface area is 88.6 Å². The van der Waals surface area contributed by atoms with Gasteiger partial charge in [-0.25, -0.2) is 8.78 Å². The molecule has 2 aliphatic heterocycles. The number of methoxy groups -OCH3 is 1. The molecule has 0 aromatic heterocycles. The molecule has 1 unspecified atom stereocenters. The maximum atomic E-state index is 13.4. The van der Waals surface area contributed by atoms with E-state index in [0.29, 0.717) is 12.0 Å². The van der Waals surface area contributed by atoms with Crippen molar-refractivity contribution in [2.75, 3.05) is 26.8 Å². The van der Waals surface area contributed by atoms with E-state index >= 15 is 0 Å². The fourth-order valence-electron chi connectivity index (χ4n) is 3.63. The SMILES string of the molecule is COCC12CC(F)(F)CN1CC1(CC1)C2. The molecule has 0 radical (unpaired) electrons. The average molecular weight is 217 g/mol. The molecule has 2 nitrogen and oxygen atoms in total. The van der Waals surface area contributed by atoms with Crippen LogP contribution < -0.4 is 0 Å². The summed E-state index contributed by atoms with van der Waals surface area (Å²) >= 11 is 0. The van der Waals surface area contributed by atoms with Gasteiger partial charge in [-0.15, -0.1) is 0 Å². The second-order valence-corrected chi connectivity index (χ2v) is 5.72. The highest BCUT2D eigenvalue weighted by atomic mass is 19.3. The van der Waals surface area contributed by atoms with Gasteiger partial charge in [0.2, 0.25) is 0 Å². The first kappa shape index (κ1) is 9.97. The second-order valence-electron chi connectivity index (χ2n) is 5.72. The van der Waals surface area contributed by atoms with Crippen LogP contribution in [0.3, 0.4) is 0 Å². The maximum absolute atomic E-state index is 13.4. The smallest absolute Gasteiger partial charge is 0.262 e. The molecule has 1 aliphatic carbocycles. The fourth-order valence-corrected chi connectivity index (χ4v) is 3.63. The first-order chi connectivity index (χ1) is 6.99. The van der Waals surface area contributed by atoms with E-state index in [1.54, 1.807) is 7.11 Å². The molecule has 0 aromatic rings. The quantitative estimate of drug-likeness (QED) is 0.700. The lowest BCUT2D eigenvalue weighted by atomic mass is 9.88. The number of nitrogens with zero attached hydrogens (tertiary/aromatic N) is 1. The third-order valence-electron chi connectivity index (χ3n) is 4.28. The third-order valence-corrected chi connectivity index (χ3v) is 4.28. The van der Waals surface area contributed by atoms with E-state index in [1.165, 1.54) is 12.8 Å². The Kier molecular flexibility index (Phi) is 1.81.